The molecule has 186 valence electrons. The quantitative estimate of drug-likeness (QED) is 0.298. The summed E-state index contributed by atoms with van der Waals surface area (Å²) in [5, 5.41) is 1.46. The number of hydrogen-bond acceptors (Lipinski definition) is 4. The topological polar surface area (TPSA) is 68.2 Å². The van der Waals surface area contributed by atoms with Crippen molar-refractivity contribution in [2.24, 2.45) is 11.6 Å². The maximum atomic E-state index is 5.57. The summed E-state index contributed by atoms with van der Waals surface area (Å²) in [4.78, 5) is 4.40. The second-order valence-corrected chi connectivity index (χ2v) is 8.27. The molecule has 0 saturated heterocycles. The third-order valence-electron chi connectivity index (χ3n) is 5.10. The van der Waals surface area contributed by atoms with E-state index in [2.05, 4.69) is 70.8 Å². The normalized spacial score (nSPS) is 10.1. The molecule has 0 atom stereocenters. The lowest BCUT2D eigenvalue weighted by Crippen LogP contribution is -2.24. The molecule has 1 heterocycles. The Morgan fingerprint density at radius 3 is 1.97 bits per heavy atom. The van der Waals surface area contributed by atoms with Crippen LogP contribution < -0.4 is 16.6 Å². The van der Waals surface area contributed by atoms with Crippen molar-refractivity contribution in [1.29, 1.82) is 0 Å². The lowest BCUT2D eigenvalue weighted by atomic mass is 9.79. The van der Waals surface area contributed by atoms with Crippen LogP contribution in [-0.4, -0.2) is 4.98 Å². The molecule has 0 aliphatic rings. The van der Waals surface area contributed by atoms with Gasteiger partial charge in [0.15, 0.2) is 0 Å². The lowest BCUT2D eigenvalue weighted by Gasteiger charge is -2.25. The first-order chi connectivity index (χ1) is 16.3. The standard InChI is InChI=1S/C17H21N.C8H11N3.C3H8.C2H6/c1-5-17(3,4)15-10-9-14(12-13(15)2)16-8-6-7-11-18-16;9-6-7-11(10)8-4-2-1-3-5-8;1-3-2;1-2/h6-12H,5H2,1-4H3;1-7H,9-10H2;3H2,1-2H3;1-2H3/b;7-6-;;. The highest BCUT2D eigenvalue weighted by atomic mass is 15.4. The average Bonchev–Trinajstić information content (AvgIpc) is 2.87. The zero-order chi connectivity index (χ0) is 26.0. The van der Waals surface area contributed by atoms with Crippen LogP contribution in [0.5, 0.6) is 0 Å². The van der Waals surface area contributed by atoms with E-state index in [0.717, 1.165) is 17.8 Å². The van der Waals surface area contributed by atoms with Crippen molar-refractivity contribution >= 4 is 5.69 Å². The Hall–Kier alpha value is -3.11. The molecule has 3 rings (SSSR count). The first-order valence-corrected chi connectivity index (χ1v) is 12.3. The molecule has 4 nitrogen and oxygen atoms in total. The largest absolute Gasteiger partial charge is 0.403 e. The molecule has 34 heavy (non-hydrogen) atoms. The Balaban J connectivity index is 0.000000581. The second-order valence-electron chi connectivity index (χ2n) is 8.27. The summed E-state index contributed by atoms with van der Waals surface area (Å²) in [7, 11) is 0. The van der Waals surface area contributed by atoms with Crippen LogP contribution in [0.25, 0.3) is 11.3 Å². The maximum Gasteiger partial charge on any atom is 0.0702 e. The minimum absolute atomic E-state index is 0.243. The number of pyridine rings is 1. The fraction of sp³-hybridized carbons (Fsp3) is 0.367. The Morgan fingerprint density at radius 2 is 1.50 bits per heavy atom. The van der Waals surface area contributed by atoms with Crippen molar-refractivity contribution < 1.29 is 0 Å². The van der Waals surface area contributed by atoms with Crippen molar-refractivity contribution in [1.82, 2.24) is 4.98 Å². The highest BCUT2D eigenvalue weighted by molar-refractivity contribution is 5.61. The van der Waals surface area contributed by atoms with E-state index in [0.29, 0.717) is 0 Å². The molecular weight excluding hydrogens is 416 g/mol. The molecule has 0 amide bonds. The van der Waals surface area contributed by atoms with Gasteiger partial charge in [-0.05, 0) is 60.2 Å². The van der Waals surface area contributed by atoms with Gasteiger partial charge in [0.1, 0.15) is 0 Å². The minimum atomic E-state index is 0.243. The fourth-order valence-corrected chi connectivity index (χ4v) is 3.09. The molecule has 4 N–H and O–H groups in total. The smallest absolute Gasteiger partial charge is 0.0702 e. The van der Waals surface area contributed by atoms with E-state index in [1.807, 2.05) is 62.5 Å². The predicted octanol–water partition coefficient (Wildman–Crippen LogP) is 7.98. The zero-order valence-electron chi connectivity index (χ0n) is 22.5. The predicted molar refractivity (Wildman–Crippen MR) is 151 cm³/mol. The molecule has 0 aliphatic carbocycles. The second kappa shape index (κ2) is 17.4. The van der Waals surface area contributed by atoms with Crippen LogP contribution in [0.4, 0.5) is 5.69 Å². The third-order valence-corrected chi connectivity index (χ3v) is 5.10. The van der Waals surface area contributed by atoms with Crippen molar-refractivity contribution in [2.45, 2.75) is 73.6 Å². The molecule has 0 spiro atoms. The van der Waals surface area contributed by atoms with Crippen molar-refractivity contribution in [2.75, 3.05) is 5.01 Å². The zero-order valence-corrected chi connectivity index (χ0v) is 22.5. The summed E-state index contributed by atoms with van der Waals surface area (Å²) in [6.45, 7) is 17.3. The van der Waals surface area contributed by atoms with Gasteiger partial charge in [-0.3, -0.25) is 9.99 Å². The van der Waals surface area contributed by atoms with Crippen LogP contribution in [0.2, 0.25) is 0 Å². The maximum absolute atomic E-state index is 5.57. The molecule has 3 aromatic rings. The van der Waals surface area contributed by atoms with Gasteiger partial charge in [-0.2, -0.15) is 0 Å². The molecular formula is C30H46N4. The third kappa shape index (κ3) is 10.7. The van der Waals surface area contributed by atoms with E-state index in [-0.39, 0.29) is 5.41 Å². The Bertz CT molecular complexity index is 919. The number of para-hydroxylation sites is 1. The van der Waals surface area contributed by atoms with Gasteiger partial charge in [0.05, 0.1) is 11.4 Å². The lowest BCUT2D eigenvalue weighted by molar-refractivity contribution is 0.503. The average molecular weight is 463 g/mol. The Labute approximate surface area is 208 Å². The molecule has 0 bridgehead atoms. The van der Waals surface area contributed by atoms with E-state index in [1.54, 1.807) is 6.20 Å². The molecule has 0 aliphatic heterocycles. The highest BCUT2D eigenvalue weighted by Crippen LogP contribution is 2.31. The van der Waals surface area contributed by atoms with Crippen LogP contribution in [0.15, 0.2) is 85.3 Å². The summed E-state index contributed by atoms with van der Waals surface area (Å²) in [5.74, 6) is 5.57. The van der Waals surface area contributed by atoms with Gasteiger partial charge in [-0.15, -0.1) is 0 Å². The van der Waals surface area contributed by atoms with Gasteiger partial charge in [0.2, 0.25) is 0 Å². The number of aromatic nitrogens is 1. The Morgan fingerprint density at radius 1 is 0.912 bits per heavy atom. The molecule has 0 fully saturated rings. The number of anilines is 1. The monoisotopic (exact) mass is 462 g/mol. The van der Waals surface area contributed by atoms with Crippen LogP contribution >= 0.6 is 0 Å². The first-order valence-electron chi connectivity index (χ1n) is 12.3. The first kappa shape index (κ1) is 30.9. The molecule has 4 heteroatoms. The van der Waals surface area contributed by atoms with Crippen molar-refractivity contribution in [3.63, 3.8) is 0 Å². The van der Waals surface area contributed by atoms with Gasteiger partial charge in [0.25, 0.3) is 0 Å². The molecule has 0 radical (unpaired) electrons. The fourth-order valence-electron chi connectivity index (χ4n) is 3.09. The SMILES string of the molecule is CC.CCC.CCC(C)(C)c1ccc(-c2ccccn2)cc1C.N/C=C\N(N)c1ccccc1. The minimum Gasteiger partial charge on any atom is -0.403 e. The summed E-state index contributed by atoms with van der Waals surface area (Å²) in [5.41, 5.74) is 11.3. The van der Waals surface area contributed by atoms with Crippen molar-refractivity contribution in [3.05, 3.63) is 96.5 Å². The number of benzene rings is 2. The van der Waals surface area contributed by atoms with Gasteiger partial charge in [-0.1, -0.05) is 91.3 Å². The number of hydrazine groups is 1. The van der Waals surface area contributed by atoms with Crippen LogP contribution in [0, 0.1) is 6.92 Å². The van der Waals surface area contributed by atoms with Crippen LogP contribution in [0.3, 0.4) is 0 Å². The van der Waals surface area contributed by atoms with Gasteiger partial charge >= 0.3 is 0 Å². The van der Waals surface area contributed by atoms with Gasteiger partial charge in [0, 0.05) is 24.2 Å². The summed E-state index contributed by atoms with van der Waals surface area (Å²) in [6, 6.07) is 22.3. The van der Waals surface area contributed by atoms with Gasteiger partial charge in [-0.25, -0.2) is 5.84 Å². The summed E-state index contributed by atoms with van der Waals surface area (Å²) < 4.78 is 0. The van der Waals surface area contributed by atoms with E-state index in [9.17, 15) is 0 Å². The van der Waals surface area contributed by atoms with Gasteiger partial charge < -0.3 is 5.73 Å². The number of aryl methyl sites for hydroxylation is 1. The van der Waals surface area contributed by atoms with E-state index < -0.39 is 0 Å². The highest BCUT2D eigenvalue weighted by Gasteiger charge is 2.20. The van der Waals surface area contributed by atoms with Crippen molar-refractivity contribution in [3.8, 4) is 11.3 Å². The number of nitrogens with two attached hydrogens (primary N) is 2. The van der Waals surface area contributed by atoms with Crippen LogP contribution in [-0.2, 0) is 5.41 Å². The Kier molecular flexibility index (Phi) is 15.8. The summed E-state index contributed by atoms with van der Waals surface area (Å²) in [6.07, 6.45) is 7.23. The van der Waals surface area contributed by atoms with E-state index in [1.165, 1.54) is 34.3 Å². The molecule has 0 saturated carbocycles. The number of nitrogens with zero attached hydrogens (tertiary/aromatic N) is 2. The summed E-state index contributed by atoms with van der Waals surface area (Å²) >= 11 is 0. The van der Waals surface area contributed by atoms with E-state index >= 15 is 0 Å². The molecule has 0 unspecified atom stereocenters. The van der Waals surface area contributed by atoms with E-state index in [4.69, 9.17) is 11.6 Å². The number of hydrogen-bond donors (Lipinski definition) is 2. The number of rotatable bonds is 5. The molecule has 1 aromatic heterocycles. The molecule has 2 aromatic carbocycles. The van der Waals surface area contributed by atoms with Crippen LogP contribution in [0.1, 0.15) is 72.4 Å².